The minimum atomic E-state index is 0.773. The molecule has 1 N–H and O–H groups in total. The van der Waals surface area contributed by atoms with Gasteiger partial charge in [-0.15, -0.1) is 0 Å². The summed E-state index contributed by atoms with van der Waals surface area (Å²) >= 11 is 6.36. The molecule has 1 heterocycles. The number of methoxy groups -OCH3 is 1. The first kappa shape index (κ1) is 15.0. The number of benzene rings is 2. The molecule has 2 nitrogen and oxygen atoms in total. The van der Waals surface area contributed by atoms with Crippen LogP contribution in [0.1, 0.15) is 25.3 Å². The summed E-state index contributed by atoms with van der Waals surface area (Å²) in [5.74, 6) is 0.869. The van der Waals surface area contributed by atoms with Crippen molar-refractivity contribution in [3.63, 3.8) is 0 Å². The normalized spacial score (nSPS) is 11.0. The van der Waals surface area contributed by atoms with E-state index in [9.17, 15) is 0 Å². The Bertz CT molecular complexity index is 774. The number of halogens is 1. The number of ether oxygens (including phenoxy) is 1. The summed E-state index contributed by atoms with van der Waals surface area (Å²) < 4.78 is 5.25. The van der Waals surface area contributed by atoms with Crippen LogP contribution in [0.2, 0.25) is 5.02 Å². The zero-order chi connectivity index (χ0) is 15.5. The highest BCUT2D eigenvalue weighted by atomic mass is 35.5. The van der Waals surface area contributed by atoms with Gasteiger partial charge in [0.15, 0.2) is 0 Å². The number of fused-ring (bicyclic) bond motifs is 1. The molecule has 0 aliphatic heterocycles. The molecule has 22 heavy (non-hydrogen) atoms. The van der Waals surface area contributed by atoms with Crippen LogP contribution in [0.5, 0.6) is 5.75 Å². The minimum absolute atomic E-state index is 0.773. The molecule has 0 bridgehead atoms. The van der Waals surface area contributed by atoms with Crippen molar-refractivity contribution in [3.05, 3.63) is 53.1 Å². The number of H-pyrrole nitrogens is 1. The van der Waals surface area contributed by atoms with Crippen LogP contribution in [0, 0.1) is 0 Å². The lowest BCUT2D eigenvalue weighted by atomic mass is 10.0. The van der Waals surface area contributed by atoms with Crippen LogP contribution in [0.25, 0.3) is 22.2 Å². The summed E-state index contributed by atoms with van der Waals surface area (Å²) in [4.78, 5) is 3.52. The van der Waals surface area contributed by atoms with Gasteiger partial charge in [-0.1, -0.05) is 37.1 Å². The molecule has 0 radical (unpaired) electrons. The van der Waals surface area contributed by atoms with Crippen LogP contribution in [0.15, 0.2) is 42.5 Å². The van der Waals surface area contributed by atoms with E-state index in [-0.39, 0.29) is 0 Å². The number of aromatic nitrogens is 1. The molecule has 2 aromatic carbocycles. The van der Waals surface area contributed by atoms with Gasteiger partial charge in [-0.25, -0.2) is 0 Å². The molecule has 0 fully saturated rings. The smallest absolute Gasteiger partial charge is 0.118 e. The molecule has 1 aromatic heterocycles. The van der Waals surface area contributed by atoms with Crippen molar-refractivity contribution in [2.24, 2.45) is 0 Å². The Kier molecular flexibility index (Phi) is 4.39. The van der Waals surface area contributed by atoms with Crippen molar-refractivity contribution in [1.82, 2.24) is 4.98 Å². The minimum Gasteiger partial charge on any atom is -0.497 e. The fourth-order valence-electron chi connectivity index (χ4n) is 2.86. The molecule has 0 spiro atoms. The highest BCUT2D eigenvalue weighted by Crippen LogP contribution is 2.35. The molecule has 0 saturated heterocycles. The molecular weight excluding hydrogens is 294 g/mol. The first-order chi connectivity index (χ1) is 10.7. The van der Waals surface area contributed by atoms with E-state index in [0.29, 0.717) is 0 Å². The molecule has 0 atom stereocenters. The lowest BCUT2D eigenvalue weighted by molar-refractivity contribution is 0.415. The lowest BCUT2D eigenvalue weighted by Gasteiger charge is -2.06. The van der Waals surface area contributed by atoms with Crippen molar-refractivity contribution < 1.29 is 4.74 Å². The fourth-order valence-corrected chi connectivity index (χ4v) is 3.08. The van der Waals surface area contributed by atoms with Crippen molar-refractivity contribution in [3.8, 4) is 17.0 Å². The fraction of sp³-hybridized carbons (Fsp3) is 0.263. The highest BCUT2D eigenvalue weighted by molar-refractivity contribution is 6.35. The second-order valence-corrected chi connectivity index (χ2v) is 5.88. The van der Waals surface area contributed by atoms with Gasteiger partial charge in [0.2, 0.25) is 0 Å². The summed E-state index contributed by atoms with van der Waals surface area (Å²) in [6.07, 6.45) is 3.40. The van der Waals surface area contributed by atoms with Gasteiger partial charge in [0.1, 0.15) is 5.75 Å². The van der Waals surface area contributed by atoms with Gasteiger partial charge in [0, 0.05) is 11.1 Å². The molecular formula is C19H20ClNO. The molecule has 3 heteroatoms. The van der Waals surface area contributed by atoms with Gasteiger partial charge in [-0.05, 0) is 54.3 Å². The average molecular weight is 314 g/mol. The molecule has 0 saturated carbocycles. The van der Waals surface area contributed by atoms with Crippen molar-refractivity contribution in [1.29, 1.82) is 0 Å². The van der Waals surface area contributed by atoms with Crippen LogP contribution in [-0.2, 0) is 6.42 Å². The van der Waals surface area contributed by atoms with Gasteiger partial charge in [0.25, 0.3) is 0 Å². The van der Waals surface area contributed by atoms with E-state index in [1.165, 1.54) is 35.0 Å². The highest BCUT2D eigenvalue weighted by Gasteiger charge is 2.14. The van der Waals surface area contributed by atoms with E-state index in [2.05, 4.69) is 30.1 Å². The van der Waals surface area contributed by atoms with Crippen LogP contribution in [-0.4, -0.2) is 12.1 Å². The zero-order valence-corrected chi connectivity index (χ0v) is 13.7. The Morgan fingerprint density at radius 1 is 1.09 bits per heavy atom. The van der Waals surface area contributed by atoms with Crippen molar-refractivity contribution in [2.75, 3.05) is 7.11 Å². The van der Waals surface area contributed by atoms with Gasteiger partial charge < -0.3 is 9.72 Å². The van der Waals surface area contributed by atoms with Crippen molar-refractivity contribution in [2.45, 2.75) is 26.2 Å². The third-order valence-corrected chi connectivity index (χ3v) is 4.36. The number of para-hydroxylation sites is 1. The van der Waals surface area contributed by atoms with Gasteiger partial charge >= 0.3 is 0 Å². The third-order valence-electron chi connectivity index (χ3n) is 4.05. The van der Waals surface area contributed by atoms with E-state index >= 15 is 0 Å². The molecule has 0 unspecified atom stereocenters. The maximum absolute atomic E-state index is 6.36. The van der Waals surface area contributed by atoms with E-state index < -0.39 is 0 Å². The number of aromatic amines is 1. The standard InChI is InChI=1S/C19H20ClNO/c1-3-4-6-15-16-7-5-8-17(20)19(16)21-18(15)13-9-11-14(22-2)12-10-13/h5,7-12,21H,3-4,6H2,1-2H3. The third kappa shape index (κ3) is 2.71. The number of hydrogen-bond acceptors (Lipinski definition) is 1. The molecule has 114 valence electrons. The van der Waals surface area contributed by atoms with E-state index in [1.807, 2.05) is 24.3 Å². The number of unbranched alkanes of at least 4 members (excludes halogenated alkanes) is 1. The molecule has 3 aromatic rings. The summed E-state index contributed by atoms with van der Waals surface area (Å²) in [5, 5.41) is 2.00. The maximum atomic E-state index is 6.36. The molecule has 0 aliphatic carbocycles. The first-order valence-corrected chi connectivity index (χ1v) is 8.06. The van der Waals surface area contributed by atoms with E-state index in [0.717, 1.165) is 22.7 Å². The van der Waals surface area contributed by atoms with Crippen LogP contribution >= 0.6 is 11.6 Å². The number of aryl methyl sites for hydroxylation is 1. The van der Waals surface area contributed by atoms with Crippen molar-refractivity contribution >= 4 is 22.5 Å². The number of nitrogens with one attached hydrogen (secondary N) is 1. The molecule has 0 aliphatic rings. The molecule has 0 amide bonds. The second-order valence-electron chi connectivity index (χ2n) is 5.47. The quantitative estimate of drug-likeness (QED) is 0.629. The monoisotopic (exact) mass is 313 g/mol. The molecule has 3 rings (SSSR count). The summed E-state index contributed by atoms with van der Waals surface area (Å²) in [6, 6.07) is 14.3. The lowest BCUT2D eigenvalue weighted by Crippen LogP contribution is -1.89. The Hall–Kier alpha value is -1.93. The number of hydrogen-bond donors (Lipinski definition) is 1. The van der Waals surface area contributed by atoms with Crippen LogP contribution in [0.3, 0.4) is 0 Å². The van der Waals surface area contributed by atoms with Gasteiger partial charge in [-0.3, -0.25) is 0 Å². The van der Waals surface area contributed by atoms with Crippen LogP contribution < -0.4 is 4.74 Å². The van der Waals surface area contributed by atoms with Crippen LogP contribution in [0.4, 0.5) is 0 Å². The van der Waals surface area contributed by atoms with E-state index in [1.54, 1.807) is 7.11 Å². The van der Waals surface area contributed by atoms with Gasteiger partial charge in [-0.2, -0.15) is 0 Å². The second kappa shape index (κ2) is 6.45. The summed E-state index contributed by atoms with van der Waals surface area (Å²) in [5.41, 5.74) is 4.71. The Morgan fingerprint density at radius 2 is 1.86 bits per heavy atom. The summed E-state index contributed by atoms with van der Waals surface area (Å²) in [6.45, 7) is 2.22. The zero-order valence-electron chi connectivity index (χ0n) is 12.9. The van der Waals surface area contributed by atoms with E-state index in [4.69, 9.17) is 16.3 Å². The largest absolute Gasteiger partial charge is 0.497 e. The average Bonchev–Trinajstić information content (AvgIpc) is 2.93. The number of rotatable bonds is 5. The SMILES string of the molecule is CCCCc1c(-c2ccc(OC)cc2)[nH]c2c(Cl)cccc12. The Morgan fingerprint density at radius 3 is 2.55 bits per heavy atom. The first-order valence-electron chi connectivity index (χ1n) is 7.68. The Balaban J connectivity index is 2.15. The predicted molar refractivity (Wildman–Crippen MR) is 93.9 cm³/mol. The maximum Gasteiger partial charge on any atom is 0.118 e. The Labute approximate surface area is 136 Å². The topological polar surface area (TPSA) is 25.0 Å². The predicted octanol–water partition coefficient (Wildman–Crippen LogP) is 5.84. The van der Waals surface area contributed by atoms with Gasteiger partial charge in [0.05, 0.1) is 17.6 Å². The summed E-state index contributed by atoms with van der Waals surface area (Å²) in [7, 11) is 1.68.